The van der Waals surface area contributed by atoms with Gasteiger partial charge in [0.15, 0.2) is 0 Å². The summed E-state index contributed by atoms with van der Waals surface area (Å²) in [6, 6.07) is 0. The number of hydrogen-bond donors (Lipinski definition) is 1. The molecule has 0 aromatic carbocycles. The molecule has 2 nitrogen and oxygen atoms in total. The lowest BCUT2D eigenvalue weighted by atomic mass is 10.2. The smallest absolute Gasteiger partial charge is 0.113 e. The van der Waals surface area contributed by atoms with Crippen molar-refractivity contribution in [2.24, 2.45) is 0 Å². The van der Waals surface area contributed by atoms with Gasteiger partial charge in [0.05, 0.1) is 12.7 Å². The quantitative estimate of drug-likeness (QED) is 0.608. The Hall–Kier alpha value is 0.400. The minimum absolute atomic E-state index is 0.0828. The molecule has 1 N–H and O–H groups in total. The summed E-state index contributed by atoms with van der Waals surface area (Å²) in [5.74, 6) is 0. The standard InChI is InChI=1S/C5H9BrO2/c6-5-2-1-4(3-7)8-5/h4-5,7H,1-3H2/t4-,5+/m0/s1. The first kappa shape index (κ1) is 6.52. The second kappa shape index (κ2) is 2.80. The molecule has 0 bridgehead atoms. The van der Waals surface area contributed by atoms with Gasteiger partial charge in [0.25, 0.3) is 0 Å². The molecule has 0 aromatic rings. The number of aliphatic hydroxyl groups excluding tert-OH is 1. The van der Waals surface area contributed by atoms with Crippen LogP contribution in [0.3, 0.4) is 0 Å². The van der Waals surface area contributed by atoms with Crippen LogP contribution in [0.5, 0.6) is 0 Å². The minimum Gasteiger partial charge on any atom is -0.394 e. The SMILES string of the molecule is OC[C@@H]1CC[C@H](Br)O1. The van der Waals surface area contributed by atoms with Gasteiger partial charge in [-0.15, -0.1) is 0 Å². The third-order valence-electron chi connectivity index (χ3n) is 1.26. The summed E-state index contributed by atoms with van der Waals surface area (Å²) in [5.41, 5.74) is 0. The maximum Gasteiger partial charge on any atom is 0.113 e. The van der Waals surface area contributed by atoms with E-state index in [0.717, 1.165) is 12.8 Å². The fourth-order valence-electron chi connectivity index (χ4n) is 0.796. The number of alkyl halides is 1. The van der Waals surface area contributed by atoms with E-state index in [0.29, 0.717) is 0 Å². The van der Waals surface area contributed by atoms with Crippen LogP contribution in [0.1, 0.15) is 12.8 Å². The number of rotatable bonds is 1. The van der Waals surface area contributed by atoms with Crippen LogP contribution in [0.2, 0.25) is 0 Å². The summed E-state index contributed by atoms with van der Waals surface area (Å²) in [4.78, 5) is 0. The third kappa shape index (κ3) is 1.44. The van der Waals surface area contributed by atoms with E-state index in [1.165, 1.54) is 0 Å². The predicted molar refractivity (Wildman–Crippen MR) is 33.9 cm³/mol. The molecule has 0 unspecified atom stereocenters. The van der Waals surface area contributed by atoms with E-state index in [9.17, 15) is 0 Å². The zero-order valence-electron chi connectivity index (χ0n) is 4.51. The average Bonchev–Trinajstić information content (AvgIpc) is 2.14. The summed E-state index contributed by atoms with van der Waals surface area (Å²) >= 11 is 3.29. The van der Waals surface area contributed by atoms with Gasteiger partial charge in [-0.1, -0.05) is 15.9 Å². The maximum atomic E-state index is 8.54. The van der Waals surface area contributed by atoms with Gasteiger partial charge in [0.2, 0.25) is 0 Å². The Kier molecular flexibility index (Phi) is 2.28. The molecular weight excluding hydrogens is 172 g/mol. The zero-order valence-corrected chi connectivity index (χ0v) is 6.10. The van der Waals surface area contributed by atoms with Gasteiger partial charge in [0.1, 0.15) is 5.01 Å². The number of halogens is 1. The summed E-state index contributed by atoms with van der Waals surface area (Å²) < 4.78 is 5.18. The van der Waals surface area contributed by atoms with E-state index in [4.69, 9.17) is 9.84 Å². The zero-order chi connectivity index (χ0) is 5.98. The predicted octanol–water partition coefficient (Wildman–Crippen LogP) is 0.879. The Labute approximate surface area is 57.0 Å². The lowest BCUT2D eigenvalue weighted by molar-refractivity contribution is 0.0486. The molecule has 3 heteroatoms. The van der Waals surface area contributed by atoms with Crippen molar-refractivity contribution >= 4 is 15.9 Å². The van der Waals surface area contributed by atoms with Crippen molar-refractivity contribution in [1.82, 2.24) is 0 Å². The van der Waals surface area contributed by atoms with Crippen molar-refractivity contribution < 1.29 is 9.84 Å². The maximum absolute atomic E-state index is 8.54. The largest absolute Gasteiger partial charge is 0.394 e. The molecule has 0 spiro atoms. The van der Waals surface area contributed by atoms with Gasteiger partial charge in [0, 0.05) is 0 Å². The van der Waals surface area contributed by atoms with Gasteiger partial charge in [-0.2, -0.15) is 0 Å². The number of ether oxygens (including phenoxy) is 1. The normalized spacial score (nSPS) is 38.2. The van der Waals surface area contributed by atoms with Crippen LogP contribution in [-0.2, 0) is 4.74 Å². The van der Waals surface area contributed by atoms with Crippen molar-refractivity contribution in [2.75, 3.05) is 6.61 Å². The van der Waals surface area contributed by atoms with E-state index in [-0.39, 0.29) is 17.7 Å². The second-order valence-electron chi connectivity index (χ2n) is 1.93. The van der Waals surface area contributed by atoms with Crippen molar-refractivity contribution in [3.8, 4) is 0 Å². The molecule has 0 radical (unpaired) electrons. The first-order chi connectivity index (χ1) is 3.83. The van der Waals surface area contributed by atoms with E-state index >= 15 is 0 Å². The summed E-state index contributed by atoms with van der Waals surface area (Å²) in [5, 5.41) is 8.72. The van der Waals surface area contributed by atoms with Gasteiger partial charge in [-0.3, -0.25) is 0 Å². The highest BCUT2D eigenvalue weighted by Crippen LogP contribution is 2.22. The first-order valence-electron chi connectivity index (χ1n) is 2.73. The van der Waals surface area contributed by atoms with E-state index in [1.807, 2.05) is 0 Å². The summed E-state index contributed by atoms with van der Waals surface area (Å²) in [6.45, 7) is 0.155. The monoisotopic (exact) mass is 180 g/mol. The molecular formula is C5H9BrO2. The van der Waals surface area contributed by atoms with Gasteiger partial charge in [-0.05, 0) is 12.8 Å². The highest BCUT2D eigenvalue weighted by atomic mass is 79.9. The van der Waals surface area contributed by atoms with Crippen LogP contribution in [0, 0.1) is 0 Å². The van der Waals surface area contributed by atoms with Crippen LogP contribution < -0.4 is 0 Å². The Morgan fingerprint density at radius 1 is 1.62 bits per heavy atom. The van der Waals surface area contributed by atoms with Crippen LogP contribution >= 0.6 is 15.9 Å². The molecule has 2 atom stereocenters. The fourth-order valence-corrected chi connectivity index (χ4v) is 1.37. The molecule has 1 heterocycles. The Bertz CT molecular complexity index is 76.8. The molecule has 0 saturated carbocycles. The highest BCUT2D eigenvalue weighted by Gasteiger charge is 2.21. The summed E-state index contributed by atoms with van der Waals surface area (Å²) in [7, 11) is 0. The molecule has 1 aliphatic heterocycles. The van der Waals surface area contributed by atoms with Crippen molar-refractivity contribution in [1.29, 1.82) is 0 Å². The van der Waals surface area contributed by atoms with Gasteiger partial charge < -0.3 is 9.84 Å². The van der Waals surface area contributed by atoms with Crippen LogP contribution in [-0.4, -0.2) is 22.8 Å². The second-order valence-corrected chi connectivity index (χ2v) is 2.95. The molecule has 1 fully saturated rings. The van der Waals surface area contributed by atoms with Crippen LogP contribution in [0.15, 0.2) is 0 Å². The molecule has 0 aromatic heterocycles. The number of aliphatic hydroxyl groups is 1. The number of hydrogen-bond acceptors (Lipinski definition) is 2. The van der Waals surface area contributed by atoms with Crippen molar-refractivity contribution in [2.45, 2.75) is 24.0 Å². The average molecular weight is 181 g/mol. The van der Waals surface area contributed by atoms with E-state index < -0.39 is 0 Å². The van der Waals surface area contributed by atoms with E-state index in [1.54, 1.807) is 0 Å². The molecule has 1 aliphatic rings. The third-order valence-corrected chi connectivity index (χ3v) is 1.93. The Morgan fingerprint density at radius 2 is 2.38 bits per heavy atom. The van der Waals surface area contributed by atoms with Crippen LogP contribution in [0.25, 0.3) is 0 Å². The van der Waals surface area contributed by atoms with Gasteiger partial charge in [-0.25, -0.2) is 0 Å². The van der Waals surface area contributed by atoms with Crippen LogP contribution in [0.4, 0.5) is 0 Å². The highest BCUT2D eigenvalue weighted by molar-refractivity contribution is 9.09. The van der Waals surface area contributed by atoms with E-state index in [2.05, 4.69) is 15.9 Å². The lowest BCUT2D eigenvalue weighted by Gasteiger charge is -2.03. The first-order valence-corrected chi connectivity index (χ1v) is 3.65. The minimum atomic E-state index is 0.0828. The van der Waals surface area contributed by atoms with Crippen molar-refractivity contribution in [3.63, 3.8) is 0 Å². The molecule has 1 saturated heterocycles. The lowest BCUT2D eigenvalue weighted by Crippen LogP contribution is -2.10. The Morgan fingerprint density at radius 3 is 2.62 bits per heavy atom. The molecule has 0 aliphatic carbocycles. The molecule has 0 amide bonds. The van der Waals surface area contributed by atoms with Crippen molar-refractivity contribution in [3.05, 3.63) is 0 Å². The van der Waals surface area contributed by atoms with Gasteiger partial charge >= 0.3 is 0 Å². The summed E-state index contributed by atoms with van der Waals surface area (Å²) in [6.07, 6.45) is 2.08. The molecule has 48 valence electrons. The molecule has 1 rings (SSSR count). The topological polar surface area (TPSA) is 29.5 Å². The Balaban J connectivity index is 2.22. The fraction of sp³-hybridized carbons (Fsp3) is 1.00. The molecule has 8 heavy (non-hydrogen) atoms.